The number of hydrogen-bond donors (Lipinski definition) is 1. The Hall–Kier alpha value is -0.960. The lowest BCUT2D eigenvalue weighted by molar-refractivity contribution is 0.212. The summed E-state index contributed by atoms with van der Waals surface area (Å²) in [5.74, 6) is 0.898. The van der Waals surface area contributed by atoms with Crippen LogP contribution in [0.2, 0.25) is 0 Å². The molecule has 0 atom stereocenters. The third kappa shape index (κ3) is 3.01. The third-order valence-corrected chi connectivity index (χ3v) is 3.71. The first-order valence-electron chi connectivity index (χ1n) is 6.17. The molecule has 1 aliphatic carbocycles. The lowest BCUT2D eigenvalue weighted by Crippen LogP contribution is -2.44. The summed E-state index contributed by atoms with van der Waals surface area (Å²) < 4.78 is 0. The Balaban J connectivity index is 1.85. The molecule has 2 rings (SSSR count). The van der Waals surface area contributed by atoms with E-state index < -0.39 is 0 Å². The maximum atomic E-state index is 4.03. The van der Waals surface area contributed by atoms with E-state index in [4.69, 9.17) is 0 Å². The van der Waals surface area contributed by atoms with Crippen molar-refractivity contribution in [2.75, 3.05) is 0 Å². The predicted octanol–water partition coefficient (Wildman–Crippen LogP) is 2.54. The Labute approximate surface area is 97.7 Å². The summed E-state index contributed by atoms with van der Waals surface area (Å²) in [6, 6.07) is 0. The van der Waals surface area contributed by atoms with Crippen LogP contribution in [0.3, 0.4) is 0 Å². The molecular weight excluding hydrogens is 198 g/mol. The van der Waals surface area contributed by atoms with E-state index in [0.29, 0.717) is 5.54 Å². The van der Waals surface area contributed by atoms with Crippen LogP contribution < -0.4 is 5.32 Å². The maximum absolute atomic E-state index is 4.03. The first-order chi connectivity index (χ1) is 7.68. The van der Waals surface area contributed by atoms with Crippen molar-refractivity contribution in [2.24, 2.45) is 5.92 Å². The van der Waals surface area contributed by atoms with Crippen molar-refractivity contribution in [3.63, 3.8) is 0 Å². The van der Waals surface area contributed by atoms with E-state index in [0.717, 1.165) is 12.5 Å². The second-order valence-corrected chi connectivity index (χ2v) is 5.34. The molecule has 0 radical (unpaired) electrons. The fraction of sp³-hybridized carbons (Fsp3) is 0.692. The fourth-order valence-electron chi connectivity index (χ4n) is 2.31. The number of nitrogens with zero attached hydrogens (tertiary/aromatic N) is 2. The summed E-state index contributed by atoms with van der Waals surface area (Å²) in [4.78, 5) is 8.06. The molecule has 0 aliphatic heterocycles. The van der Waals surface area contributed by atoms with Gasteiger partial charge in [0.2, 0.25) is 0 Å². The molecule has 1 aromatic heterocycles. The van der Waals surface area contributed by atoms with Gasteiger partial charge in [-0.25, -0.2) is 9.97 Å². The Morgan fingerprint density at radius 3 is 2.56 bits per heavy atom. The van der Waals surface area contributed by atoms with E-state index in [2.05, 4.69) is 29.1 Å². The van der Waals surface area contributed by atoms with Gasteiger partial charge >= 0.3 is 0 Å². The molecule has 0 aromatic carbocycles. The molecule has 1 N–H and O–H groups in total. The van der Waals surface area contributed by atoms with E-state index in [1.807, 2.05) is 12.4 Å². The van der Waals surface area contributed by atoms with Gasteiger partial charge in [-0.05, 0) is 38.5 Å². The van der Waals surface area contributed by atoms with E-state index in [1.165, 1.54) is 31.2 Å². The first kappa shape index (κ1) is 11.5. The zero-order valence-electron chi connectivity index (χ0n) is 10.2. The number of rotatable bonds is 3. The SMILES string of the molecule is CC1CCC(C)(NCc2cncnc2)CC1. The molecule has 1 aromatic rings. The minimum Gasteiger partial charge on any atom is -0.307 e. The molecule has 3 heteroatoms. The summed E-state index contributed by atoms with van der Waals surface area (Å²) in [6.45, 7) is 5.57. The molecule has 1 heterocycles. The largest absolute Gasteiger partial charge is 0.307 e. The van der Waals surface area contributed by atoms with Gasteiger partial charge in [0.1, 0.15) is 6.33 Å². The Morgan fingerprint density at radius 1 is 1.31 bits per heavy atom. The molecule has 88 valence electrons. The van der Waals surface area contributed by atoms with Crippen molar-refractivity contribution in [1.82, 2.24) is 15.3 Å². The normalized spacial score (nSPS) is 30.2. The quantitative estimate of drug-likeness (QED) is 0.849. The molecule has 1 aliphatic rings. The zero-order valence-corrected chi connectivity index (χ0v) is 10.2. The Kier molecular flexibility index (Phi) is 3.54. The maximum Gasteiger partial charge on any atom is 0.115 e. The highest BCUT2D eigenvalue weighted by molar-refractivity contribution is 5.03. The third-order valence-electron chi connectivity index (χ3n) is 3.71. The van der Waals surface area contributed by atoms with E-state index in [-0.39, 0.29) is 0 Å². The molecule has 16 heavy (non-hydrogen) atoms. The monoisotopic (exact) mass is 219 g/mol. The molecule has 3 nitrogen and oxygen atoms in total. The van der Waals surface area contributed by atoms with Crippen LogP contribution in [0.1, 0.15) is 45.1 Å². The van der Waals surface area contributed by atoms with Crippen LogP contribution in [-0.4, -0.2) is 15.5 Å². The molecule has 0 saturated heterocycles. The predicted molar refractivity (Wildman–Crippen MR) is 64.9 cm³/mol. The summed E-state index contributed by atoms with van der Waals surface area (Å²) in [7, 11) is 0. The van der Waals surface area contributed by atoms with E-state index in [9.17, 15) is 0 Å². The summed E-state index contributed by atoms with van der Waals surface area (Å²) >= 11 is 0. The zero-order chi connectivity index (χ0) is 11.4. The van der Waals surface area contributed by atoms with Crippen LogP contribution in [-0.2, 0) is 6.54 Å². The average Bonchev–Trinajstić information content (AvgIpc) is 2.33. The van der Waals surface area contributed by atoms with Crippen molar-refractivity contribution in [3.05, 3.63) is 24.3 Å². The highest BCUT2D eigenvalue weighted by atomic mass is 15.0. The van der Waals surface area contributed by atoms with Gasteiger partial charge in [-0.3, -0.25) is 0 Å². The average molecular weight is 219 g/mol. The molecule has 0 bridgehead atoms. The smallest absolute Gasteiger partial charge is 0.115 e. The van der Waals surface area contributed by atoms with Gasteiger partial charge < -0.3 is 5.32 Å². The topological polar surface area (TPSA) is 37.8 Å². The van der Waals surface area contributed by atoms with Gasteiger partial charge in [0, 0.05) is 30.0 Å². The van der Waals surface area contributed by atoms with Crippen LogP contribution >= 0.6 is 0 Å². The molecule has 0 spiro atoms. The van der Waals surface area contributed by atoms with Crippen LogP contribution in [0.25, 0.3) is 0 Å². The highest BCUT2D eigenvalue weighted by Crippen LogP contribution is 2.31. The minimum atomic E-state index is 0.308. The fourth-order valence-corrected chi connectivity index (χ4v) is 2.31. The molecule has 0 amide bonds. The van der Waals surface area contributed by atoms with Crippen molar-refractivity contribution >= 4 is 0 Å². The second-order valence-electron chi connectivity index (χ2n) is 5.34. The number of aromatic nitrogens is 2. The standard InChI is InChI=1S/C13H21N3/c1-11-3-5-13(2,6-4-11)16-9-12-7-14-10-15-8-12/h7-8,10-11,16H,3-6,9H2,1-2H3. The summed E-state index contributed by atoms with van der Waals surface area (Å²) in [6.07, 6.45) is 10.6. The van der Waals surface area contributed by atoms with Crippen molar-refractivity contribution in [3.8, 4) is 0 Å². The van der Waals surface area contributed by atoms with Gasteiger partial charge in [0.15, 0.2) is 0 Å². The molecule has 0 unspecified atom stereocenters. The van der Waals surface area contributed by atoms with Gasteiger partial charge in [-0.2, -0.15) is 0 Å². The molecule has 1 saturated carbocycles. The highest BCUT2D eigenvalue weighted by Gasteiger charge is 2.28. The van der Waals surface area contributed by atoms with E-state index in [1.54, 1.807) is 6.33 Å². The van der Waals surface area contributed by atoms with Crippen molar-refractivity contribution in [1.29, 1.82) is 0 Å². The van der Waals surface area contributed by atoms with Crippen LogP contribution in [0.15, 0.2) is 18.7 Å². The summed E-state index contributed by atoms with van der Waals surface area (Å²) in [5.41, 5.74) is 1.48. The van der Waals surface area contributed by atoms with Gasteiger partial charge in [-0.1, -0.05) is 6.92 Å². The number of nitrogens with one attached hydrogen (secondary N) is 1. The van der Waals surface area contributed by atoms with Gasteiger partial charge in [0.05, 0.1) is 0 Å². The Morgan fingerprint density at radius 2 is 1.94 bits per heavy atom. The van der Waals surface area contributed by atoms with E-state index >= 15 is 0 Å². The van der Waals surface area contributed by atoms with Gasteiger partial charge in [-0.15, -0.1) is 0 Å². The second kappa shape index (κ2) is 4.91. The first-order valence-corrected chi connectivity index (χ1v) is 6.17. The van der Waals surface area contributed by atoms with Crippen LogP contribution in [0.5, 0.6) is 0 Å². The lowest BCUT2D eigenvalue weighted by Gasteiger charge is -2.37. The lowest BCUT2D eigenvalue weighted by atomic mass is 9.78. The molecular formula is C13H21N3. The van der Waals surface area contributed by atoms with Gasteiger partial charge in [0.25, 0.3) is 0 Å². The van der Waals surface area contributed by atoms with Crippen LogP contribution in [0.4, 0.5) is 0 Å². The van der Waals surface area contributed by atoms with Crippen molar-refractivity contribution < 1.29 is 0 Å². The van der Waals surface area contributed by atoms with Crippen LogP contribution in [0, 0.1) is 5.92 Å². The Bertz CT molecular complexity index is 315. The molecule has 1 fully saturated rings. The minimum absolute atomic E-state index is 0.308. The van der Waals surface area contributed by atoms with Crippen molar-refractivity contribution in [2.45, 2.75) is 51.6 Å². The number of hydrogen-bond acceptors (Lipinski definition) is 3. The summed E-state index contributed by atoms with van der Waals surface area (Å²) in [5, 5.41) is 3.65.